The molecule has 0 aliphatic carbocycles. The fourth-order valence-corrected chi connectivity index (χ4v) is 4.43. The van der Waals surface area contributed by atoms with Crippen molar-refractivity contribution in [2.45, 2.75) is 17.9 Å². The number of carbonyl (C=O) groups excluding carboxylic acids is 1. The highest BCUT2D eigenvalue weighted by Gasteiger charge is 2.14. The number of hydrogen-bond acceptors (Lipinski definition) is 4. The lowest BCUT2D eigenvalue weighted by atomic mass is 10.2. The molecule has 0 radical (unpaired) electrons. The molecule has 4 rings (SSSR count). The quantitative estimate of drug-likeness (QED) is 0.329. The average molecular weight is 487 g/mol. The maximum absolute atomic E-state index is 12.6. The Labute approximate surface area is 205 Å². The highest BCUT2D eigenvalue weighted by atomic mass is 32.2. The zero-order chi connectivity index (χ0) is 24.5. The highest BCUT2D eigenvalue weighted by Crippen LogP contribution is 2.17. The third kappa shape index (κ3) is 7.02. The van der Waals surface area contributed by atoms with Gasteiger partial charge in [0.1, 0.15) is 5.75 Å². The van der Waals surface area contributed by atoms with Crippen LogP contribution in [-0.2, 0) is 23.0 Å². The summed E-state index contributed by atoms with van der Waals surface area (Å²) in [7, 11) is -3.66. The van der Waals surface area contributed by atoms with E-state index in [1.54, 1.807) is 36.4 Å². The number of hydrogen-bond donors (Lipinski definition) is 2. The highest BCUT2D eigenvalue weighted by molar-refractivity contribution is 7.89. The number of benzene rings is 4. The third-order valence-electron chi connectivity index (χ3n) is 5.35. The smallest absolute Gasteiger partial charge is 0.255 e. The van der Waals surface area contributed by atoms with Crippen LogP contribution in [0.4, 0.5) is 5.69 Å². The summed E-state index contributed by atoms with van der Waals surface area (Å²) in [5.41, 5.74) is 3.05. The lowest BCUT2D eigenvalue weighted by Gasteiger charge is -2.10. The molecule has 2 N–H and O–H groups in total. The molecule has 0 bridgehead atoms. The molecule has 0 atom stereocenters. The summed E-state index contributed by atoms with van der Waals surface area (Å²) in [4.78, 5) is 12.7. The van der Waals surface area contributed by atoms with E-state index in [2.05, 4.69) is 22.2 Å². The summed E-state index contributed by atoms with van der Waals surface area (Å²) < 4.78 is 33.4. The van der Waals surface area contributed by atoms with Crippen LogP contribution in [0.5, 0.6) is 5.75 Å². The molecule has 0 saturated carbocycles. The van der Waals surface area contributed by atoms with Crippen molar-refractivity contribution in [1.82, 2.24) is 4.72 Å². The Morgan fingerprint density at radius 3 is 1.94 bits per heavy atom. The first-order valence-electron chi connectivity index (χ1n) is 11.2. The normalized spacial score (nSPS) is 11.1. The van der Waals surface area contributed by atoms with Crippen LogP contribution in [-0.4, -0.2) is 20.9 Å². The second kappa shape index (κ2) is 11.5. The topological polar surface area (TPSA) is 84.5 Å². The van der Waals surface area contributed by atoms with Crippen LogP contribution in [0.3, 0.4) is 0 Å². The van der Waals surface area contributed by atoms with Gasteiger partial charge >= 0.3 is 0 Å². The molecule has 7 heteroatoms. The van der Waals surface area contributed by atoms with Crippen molar-refractivity contribution in [3.8, 4) is 5.75 Å². The van der Waals surface area contributed by atoms with Crippen molar-refractivity contribution in [2.24, 2.45) is 0 Å². The predicted molar refractivity (Wildman–Crippen MR) is 137 cm³/mol. The van der Waals surface area contributed by atoms with Gasteiger partial charge in [-0.1, -0.05) is 60.7 Å². The van der Waals surface area contributed by atoms with Crippen LogP contribution in [0, 0.1) is 0 Å². The minimum atomic E-state index is -3.66. The number of carbonyl (C=O) groups is 1. The lowest BCUT2D eigenvalue weighted by Crippen LogP contribution is -2.23. The Morgan fingerprint density at radius 2 is 1.31 bits per heavy atom. The van der Waals surface area contributed by atoms with E-state index in [4.69, 9.17) is 4.74 Å². The van der Waals surface area contributed by atoms with Gasteiger partial charge in [0.25, 0.3) is 5.91 Å². The lowest BCUT2D eigenvalue weighted by molar-refractivity contribution is 0.102. The van der Waals surface area contributed by atoms with Gasteiger partial charge in [0, 0.05) is 24.2 Å². The van der Waals surface area contributed by atoms with Crippen LogP contribution in [0.15, 0.2) is 114 Å². The van der Waals surface area contributed by atoms with Gasteiger partial charge in [0.15, 0.2) is 0 Å². The van der Waals surface area contributed by atoms with E-state index in [0.717, 1.165) is 12.0 Å². The Balaban J connectivity index is 1.29. The second-order valence-electron chi connectivity index (χ2n) is 7.90. The molecular formula is C28H26N2O4S. The van der Waals surface area contributed by atoms with Gasteiger partial charge in [0.05, 0.1) is 11.5 Å². The van der Waals surface area contributed by atoms with Crippen molar-refractivity contribution < 1.29 is 17.9 Å². The van der Waals surface area contributed by atoms with Gasteiger partial charge in [0.2, 0.25) is 10.0 Å². The van der Waals surface area contributed by atoms with Crippen LogP contribution in [0.25, 0.3) is 0 Å². The summed E-state index contributed by atoms with van der Waals surface area (Å²) in [6, 6.07) is 32.3. The molecule has 6 nitrogen and oxygen atoms in total. The summed E-state index contributed by atoms with van der Waals surface area (Å²) in [6.45, 7) is 0.749. The molecule has 0 unspecified atom stereocenters. The zero-order valence-corrected chi connectivity index (χ0v) is 19.9. The largest absolute Gasteiger partial charge is 0.493 e. The van der Waals surface area contributed by atoms with E-state index in [0.29, 0.717) is 23.6 Å². The minimum Gasteiger partial charge on any atom is -0.493 e. The van der Waals surface area contributed by atoms with Crippen molar-refractivity contribution in [2.75, 3.05) is 11.9 Å². The molecule has 0 aliphatic rings. The van der Waals surface area contributed by atoms with Crippen molar-refractivity contribution in [1.29, 1.82) is 0 Å². The Hall–Kier alpha value is -3.94. The first kappa shape index (κ1) is 24.2. The van der Waals surface area contributed by atoms with Crippen molar-refractivity contribution >= 4 is 21.6 Å². The average Bonchev–Trinajstić information content (AvgIpc) is 2.89. The van der Waals surface area contributed by atoms with E-state index in [1.807, 2.05) is 48.5 Å². The number of sulfonamides is 1. The molecule has 0 spiro atoms. The molecule has 1 amide bonds. The SMILES string of the molecule is O=C(Nc1ccc(S(=O)(=O)NCc2ccccc2)cc1)c1ccc(OCCc2ccccc2)cc1. The minimum absolute atomic E-state index is 0.128. The second-order valence-corrected chi connectivity index (χ2v) is 9.66. The summed E-state index contributed by atoms with van der Waals surface area (Å²) in [5.74, 6) is 0.397. The van der Waals surface area contributed by atoms with E-state index in [9.17, 15) is 13.2 Å². The number of amides is 1. The third-order valence-corrected chi connectivity index (χ3v) is 6.77. The molecule has 178 valence electrons. The van der Waals surface area contributed by atoms with Crippen LogP contribution >= 0.6 is 0 Å². The molecule has 0 heterocycles. The van der Waals surface area contributed by atoms with Crippen molar-refractivity contribution in [3.63, 3.8) is 0 Å². The standard InChI is InChI=1S/C28H26N2O4S/c31-28(24-11-15-26(16-12-24)34-20-19-22-7-3-1-4-8-22)30-25-13-17-27(18-14-25)35(32,33)29-21-23-9-5-2-6-10-23/h1-18,29H,19-21H2,(H,30,31). The zero-order valence-electron chi connectivity index (χ0n) is 19.1. The first-order chi connectivity index (χ1) is 17.0. The summed E-state index contributed by atoms with van der Waals surface area (Å²) in [5, 5.41) is 2.78. The molecular weight excluding hydrogens is 460 g/mol. The van der Waals surface area contributed by atoms with E-state index in [1.165, 1.54) is 17.7 Å². The fraction of sp³-hybridized carbons (Fsp3) is 0.107. The maximum Gasteiger partial charge on any atom is 0.255 e. The molecule has 4 aromatic rings. The Morgan fingerprint density at radius 1 is 0.714 bits per heavy atom. The van der Waals surface area contributed by atoms with Gasteiger partial charge in [-0.25, -0.2) is 13.1 Å². The van der Waals surface area contributed by atoms with E-state index in [-0.39, 0.29) is 17.3 Å². The number of nitrogens with one attached hydrogen (secondary N) is 2. The van der Waals surface area contributed by atoms with Crippen molar-refractivity contribution in [3.05, 3.63) is 126 Å². The summed E-state index contributed by atoms with van der Waals surface area (Å²) >= 11 is 0. The predicted octanol–water partition coefficient (Wildman–Crippen LogP) is 5.04. The van der Waals surface area contributed by atoms with Crippen LogP contribution in [0.1, 0.15) is 21.5 Å². The number of rotatable bonds is 10. The first-order valence-corrected chi connectivity index (χ1v) is 12.7. The van der Waals surface area contributed by atoms with Gasteiger partial charge in [-0.15, -0.1) is 0 Å². The van der Waals surface area contributed by atoms with Crippen LogP contribution in [0.2, 0.25) is 0 Å². The Kier molecular flexibility index (Phi) is 7.92. The Bertz CT molecular complexity index is 1340. The number of anilines is 1. The maximum atomic E-state index is 12.6. The molecule has 35 heavy (non-hydrogen) atoms. The molecule has 0 aromatic heterocycles. The molecule has 0 fully saturated rings. The van der Waals surface area contributed by atoms with Gasteiger partial charge in [-0.05, 0) is 59.7 Å². The number of ether oxygens (including phenoxy) is 1. The van der Waals surface area contributed by atoms with Gasteiger partial charge < -0.3 is 10.1 Å². The molecule has 0 aliphatic heterocycles. The summed E-state index contributed by atoms with van der Waals surface area (Å²) in [6.07, 6.45) is 0.802. The monoisotopic (exact) mass is 486 g/mol. The van der Waals surface area contributed by atoms with E-state index >= 15 is 0 Å². The molecule has 4 aromatic carbocycles. The van der Waals surface area contributed by atoms with E-state index < -0.39 is 10.0 Å². The van der Waals surface area contributed by atoms with Crippen LogP contribution < -0.4 is 14.8 Å². The molecule has 0 saturated heterocycles. The van der Waals surface area contributed by atoms with Gasteiger partial charge in [-0.3, -0.25) is 4.79 Å². The van der Waals surface area contributed by atoms with Gasteiger partial charge in [-0.2, -0.15) is 0 Å². The fourth-order valence-electron chi connectivity index (χ4n) is 3.41.